The molecular weight excluding hydrogens is 252 g/mol. The minimum atomic E-state index is 0.463. The molecule has 0 N–H and O–H groups in total. The van der Waals surface area contributed by atoms with E-state index in [0.717, 1.165) is 18.5 Å². The predicted molar refractivity (Wildman–Crippen MR) is 69.7 cm³/mol. The van der Waals surface area contributed by atoms with E-state index < -0.39 is 0 Å². The van der Waals surface area contributed by atoms with Gasteiger partial charge < -0.3 is 4.74 Å². The molecule has 1 aliphatic heterocycles. The summed E-state index contributed by atoms with van der Waals surface area (Å²) in [5, 5.41) is 1.12. The maximum atomic E-state index is 5.62. The maximum Gasteiger partial charge on any atom is 0.0530 e. The number of ether oxygens (including phenoxy) is 1. The van der Waals surface area contributed by atoms with Gasteiger partial charge in [0.05, 0.1) is 6.61 Å². The van der Waals surface area contributed by atoms with Crippen molar-refractivity contribution in [3.05, 3.63) is 0 Å². The summed E-state index contributed by atoms with van der Waals surface area (Å²) in [5.41, 5.74) is 0.463. The van der Waals surface area contributed by atoms with E-state index in [4.69, 9.17) is 4.74 Å². The third-order valence-electron chi connectivity index (χ3n) is 3.50. The van der Waals surface area contributed by atoms with Gasteiger partial charge in [0.25, 0.3) is 0 Å². The number of halogens is 1. The number of hydrogen-bond donors (Lipinski definition) is 0. The summed E-state index contributed by atoms with van der Waals surface area (Å²) in [7, 11) is 0. The SMILES string of the molecule is CCCCCCCC1(CBr)CCCOC1. The highest BCUT2D eigenvalue weighted by Crippen LogP contribution is 2.35. The summed E-state index contributed by atoms with van der Waals surface area (Å²) < 4.78 is 5.62. The minimum absolute atomic E-state index is 0.463. The second-order valence-corrected chi connectivity index (χ2v) is 5.51. The Morgan fingerprint density at radius 3 is 2.60 bits per heavy atom. The first-order chi connectivity index (χ1) is 7.33. The van der Waals surface area contributed by atoms with Crippen molar-refractivity contribution in [1.82, 2.24) is 0 Å². The van der Waals surface area contributed by atoms with Crippen LogP contribution in [0.15, 0.2) is 0 Å². The minimum Gasteiger partial charge on any atom is -0.381 e. The Bertz CT molecular complexity index is 153. The van der Waals surface area contributed by atoms with Crippen LogP contribution in [0.2, 0.25) is 0 Å². The van der Waals surface area contributed by atoms with Gasteiger partial charge in [-0.2, -0.15) is 0 Å². The Morgan fingerprint density at radius 1 is 1.20 bits per heavy atom. The standard InChI is InChI=1S/C13H25BrO/c1-2-3-4-5-6-8-13(11-14)9-7-10-15-12-13/h2-12H2,1H3. The highest BCUT2D eigenvalue weighted by atomic mass is 79.9. The van der Waals surface area contributed by atoms with Crippen molar-refractivity contribution in [3.8, 4) is 0 Å². The summed E-state index contributed by atoms with van der Waals surface area (Å²) in [4.78, 5) is 0. The van der Waals surface area contributed by atoms with Crippen molar-refractivity contribution >= 4 is 15.9 Å². The first-order valence-electron chi connectivity index (χ1n) is 6.47. The molecule has 0 saturated carbocycles. The second kappa shape index (κ2) is 7.67. The third kappa shape index (κ3) is 4.86. The molecule has 1 fully saturated rings. The average molecular weight is 277 g/mol. The molecule has 0 aromatic heterocycles. The van der Waals surface area contributed by atoms with Crippen molar-refractivity contribution in [2.75, 3.05) is 18.5 Å². The smallest absolute Gasteiger partial charge is 0.0530 e. The molecular formula is C13H25BrO. The van der Waals surface area contributed by atoms with Gasteiger partial charge in [0.2, 0.25) is 0 Å². The lowest BCUT2D eigenvalue weighted by molar-refractivity contribution is 0.000218. The van der Waals surface area contributed by atoms with Gasteiger partial charge >= 0.3 is 0 Å². The van der Waals surface area contributed by atoms with Crippen LogP contribution in [0.3, 0.4) is 0 Å². The Labute approximate surface area is 103 Å². The molecule has 1 heterocycles. The van der Waals surface area contributed by atoms with Gasteiger partial charge in [-0.1, -0.05) is 55.0 Å². The van der Waals surface area contributed by atoms with E-state index in [1.807, 2.05) is 0 Å². The molecule has 15 heavy (non-hydrogen) atoms. The first kappa shape index (κ1) is 13.5. The molecule has 0 aromatic carbocycles. The molecule has 1 unspecified atom stereocenters. The normalized spacial score (nSPS) is 26.8. The van der Waals surface area contributed by atoms with Crippen molar-refractivity contribution in [2.45, 2.75) is 58.3 Å². The van der Waals surface area contributed by atoms with Gasteiger partial charge in [0.15, 0.2) is 0 Å². The summed E-state index contributed by atoms with van der Waals surface area (Å²) >= 11 is 3.67. The quantitative estimate of drug-likeness (QED) is 0.490. The number of rotatable bonds is 7. The highest BCUT2D eigenvalue weighted by molar-refractivity contribution is 9.09. The van der Waals surface area contributed by atoms with Crippen molar-refractivity contribution < 1.29 is 4.74 Å². The molecule has 0 spiro atoms. The topological polar surface area (TPSA) is 9.23 Å². The third-order valence-corrected chi connectivity index (χ3v) is 4.69. The van der Waals surface area contributed by atoms with Crippen LogP contribution >= 0.6 is 15.9 Å². The molecule has 90 valence electrons. The van der Waals surface area contributed by atoms with E-state index >= 15 is 0 Å². The largest absolute Gasteiger partial charge is 0.381 e. The zero-order chi connectivity index (χ0) is 11.0. The highest BCUT2D eigenvalue weighted by Gasteiger charge is 2.30. The van der Waals surface area contributed by atoms with Crippen LogP contribution in [0, 0.1) is 5.41 Å². The zero-order valence-electron chi connectivity index (χ0n) is 10.1. The van der Waals surface area contributed by atoms with Crippen LogP contribution in [0.1, 0.15) is 58.3 Å². The number of unbranched alkanes of at least 4 members (excludes halogenated alkanes) is 4. The predicted octanol–water partition coefficient (Wildman–Crippen LogP) is 4.54. The van der Waals surface area contributed by atoms with Gasteiger partial charge in [-0.25, -0.2) is 0 Å². The van der Waals surface area contributed by atoms with Crippen LogP contribution in [-0.2, 0) is 4.74 Å². The van der Waals surface area contributed by atoms with Crippen molar-refractivity contribution in [1.29, 1.82) is 0 Å². The molecule has 0 bridgehead atoms. The molecule has 1 rings (SSSR count). The van der Waals surface area contributed by atoms with Gasteiger partial charge in [-0.15, -0.1) is 0 Å². The summed E-state index contributed by atoms with van der Waals surface area (Å²) in [6, 6.07) is 0. The van der Waals surface area contributed by atoms with E-state index in [2.05, 4.69) is 22.9 Å². The molecule has 1 nitrogen and oxygen atoms in total. The van der Waals surface area contributed by atoms with Crippen LogP contribution in [0.5, 0.6) is 0 Å². The Balaban J connectivity index is 2.15. The molecule has 2 heteroatoms. The fraction of sp³-hybridized carbons (Fsp3) is 1.00. The van der Waals surface area contributed by atoms with Gasteiger partial charge in [0, 0.05) is 17.4 Å². The van der Waals surface area contributed by atoms with E-state index in [1.54, 1.807) is 0 Å². The second-order valence-electron chi connectivity index (χ2n) is 4.95. The zero-order valence-corrected chi connectivity index (χ0v) is 11.7. The van der Waals surface area contributed by atoms with E-state index in [9.17, 15) is 0 Å². The molecule has 1 aliphatic rings. The number of alkyl halides is 1. The van der Waals surface area contributed by atoms with E-state index in [-0.39, 0.29) is 0 Å². The van der Waals surface area contributed by atoms with Crippen molar-refractivity contribution in [2.24, 2.45) is 5.41 Å². The summed E-state index contributed by atoms with van der Waals surface area (Å²) in [6.45, 7) is 4.23. The molecule has 0 aromatic rings. The molecule has 1 saturated heterocycles. The fourth-order valence-electron chi connectivity index (χ4n) is 2.38. The Morgan fingerprint density at radius 2 is 2.00 bits per heavy atom. The van der Waals surface area contributed by atoms with Gasteiger partial charge in [-0.05, 0) is 19.3 Å². The van der Waals surface area contributed by atoms with Crippen LogP contribution in [0.25, 0.3) is 0 Å². The number of hydrogen-bond acceptors (Lipinski definition) is 1. The lowest BCUT2D eigenvalue weighted by atomic mass is 9.80. The van der Waals surface area contributed by atoms with Crippen LogP contribution in [0.4, 0.5) is 0 Å². The maximum absolute atomic E-state index is 5.62. The fourth-order valence-corrected chi connectivity index (χ4v) is 3.11. The average Bonchev–Trinajstić information content (AvgIpc) is 2.30. The monoisotopic (exact) mass is 276 g/mol. The van der Waals surface area contributed by atoms with Gasteiger partial charge in [0.1, 0.15) is 0 Å². The lowest BCUT2D eigenvalue weighted by Crippen LogP contribution is -2.33. The lowest BCUT2D eigenvalue weighted by Gasteiger charge is -2.35. The molecule has 0 amide bonds. The molecule has 0 radical (unpaired) electrons. The van der Waals surface area contributed by atoms with Crippen LogP contribution < -0.4 is 0 Å². The Kier molecular flexibility index (Phi) is 6.91. The molecule has 1 atom stereocenters. The Hall–Kier alpha value is 0.440. The van der Waals surface area contributed by atoms with Crippen LogP contribution in [-0.4, -0.2) is 18.5 Å². The van der Waals surface area contributed by atoms with Gasteiger partial charge in [-0.3, -0.25) is 0 Å². The summed E-state index contributed by atoms with van der Waals surface area (Å²) in [5.74, 6) is 0. The molecule has 0 aliphatic carbocycles. The van der Waals surface area contributed by atoms with Crippen molar-refractivity contribution in [3.63, 3.8) is 0 Å². The van der Waals surface area contributed by atoms with E-state index in [1.165, 1.54) is 51.4 Å². The summed E-state index contributed by atoms with van der Waals surface area (Å²) in [6.07, 6.45) is 10.9. The van der Waals surface area contributed by atoms with E-state index in [0.29, 0.717) is 5.41 Å². The first-order valence-corrected chi connectivity index (χ1v) is 7.59.